The van der Waals surface area contributed by atoms with Crippen LogP contribution in [0.5, 0.6) is 0 Å². The summed E-state index contributed by atoms with van der Waals surface area (Å²) in [6.45, 7) is 0. The highest BCUT2D eigenvalue weighted by atomic mass is 19.1. The molecule has 0 saturated carbocycles. The second kappa shape index (κ2) is 4.17. The van der Waals surface area contributed by atoms with E-state index in [0.29, 0.717) is 6.04 Å². The van der Waals surface area contributed by atoms with E-state index >= 15 is 0 Å². The molecule has 1 aromatic carbocycles. The third-order valence-corrected chi connectivity index (χ3v) is 3.15. The summed E-state index contributed by atoms with van der Waals surface area (Å²) in [5.74, 6) is -0.439. The average molecular weight is 228 g/mol. The number of aromatic nitrogens is 1. The van der Waals surface area contributed by atoms with Gasteiger partial charge in [0.15, 0.2) is 0 Å². The molecule has 86 valence electrons. The average Bonchev–Trinajstić information content (AvgIpc) is 2.71. The van der Waals surface area contributed by atoms with Crippen molar-refractivity contribution in [3.8, 4) is 0 Å². The number of pyridine rings is 1. The number of halogens is 1. The summed E-state index contributed by atoms with van der Waals surface area (Å²) >= 11 is 0. The number of fused-ring (bicyclic) bond motifs is 1. The lowest BCUT2D eigenvalue weighted by Gasteiger charge is -2.13. The molecular formula is C14H13FN2. The minimum atomic E-state index is -0.439. The van der Waals surface area contributed by atoms with Crippen LogP contribution in [0.25, 0.3) is 0 Å². The first-order valence-corrected chi connectivity index (χ1v) is 5.76. The highest BCUT2D eigenvalue weighted by Crippen LogP contribution is 2.24. The van der Waals surface area contributed by atoms with Crippen LogP contribution in [0.3, 0.4) is 0 Å². The topological polar surface area (TPSA) is 24.9 Å². The van der Waals surface area contributed by atoms with Crippen LogP contribution in [0.15, 0.2) is 42.6 Å². The van der Waals surface area contributed by atoms with Gasteiger partial charge in [0, 0.05) is 24.0 Å². The molecule has 0 aliphatic heterocycles. The van der Waals surface area contributed by atoms with E-state index in [1.807, 2.05) is 0 Å². The first-order chi connectivity index (χ1) is 8.31. The van der Waals surface area contributed by atoms with Gasteiger partial charge in [0.2, 0.25) is 5.95 Å². The fourth-order valence-corrected chi connectivity index (χ4v) is 2.39. The number of nitrogens with one attached hydrogen (secondary N) is 1. The summed E-state index contributed by atoms with van der Waals surface area (Å²) in [6, 6.07) is 12.0. The Morgan fingerprint density at radius 1 is 1.12 bits per heavy atom. The van der Waals surface area contributed by atoms with Crippen molar-refractivity contribution < 1.29 is 4.39 Å². The molecule has 1 aliphatic carbocycles. The van der Waals surface area contributed by atoms with Crippen LogP contribution >= 0.6 is 0 Å². The fraction of sp³-hybridized carbons (Fsp3) is 0.214. The largest absolute Gasteiger partial charge is 0.381 e. The summed E-state index contributed by atoms with van der Waals surface area (Å²) < 4.78 is 13.0. The molecule has 3 heteroatoms. The molecule has 0 radical (unpaired) electrons. The van der Waals surface area contributed by atoms with Crippen LogP contribution in [0.2, 0.25) is 0 Å². The Morgan fingerprint density at radius 2 is 1.82 bits per heavy atom. The molecule has 0 fully saturated rings. The predicted octanol–water partition coefficient (Wildman–Crippen LogP) is 2.80. The van der Waals surface area contributed by atoms with Crippen LogP contribution in [-0.4, -0.2) is 11.0 Å². The molecule has 2 nitrogen and oxygen atoms in total. The van der Waals surface area contributed by atoms with Crippen LogP contribution < -0.4 is 5.32 Å². The zero-order valence-corrected chi connectivity index (χ0v) is 9.36. The molecular weight excluding hydrogens is 215 g/mol. The third kappa shape index (κ3) is 2.13. The summed E-state index contributed by atoms with van der Waals surface area (Å²) in [5, 5.41) is 3.35. The van der Waals surface area contributed by atoms with Crippen molar-refractivity contribution in [1.29, 1.82) is 0 Å². The third-order valence-electron chi connectivity index (χ3n) is 3.15. The van der Waals surface area contributed by atoms with Gasteiger partial charge in [0.25, 0.3) is 0 Å². The number of nitrogens with zero attached hydrogens (tertiary/aromatic N) is 1. The summed E-state index contributed by atoms with van der Waals surface area (Å²) in [6.07, 6.45) is 3.49. The molecule has 3 rings (SSSR count). The lowest BCUT2D eigenvalue weighted by atomic mass is 10.1. The van der Waals surface area contributed by atoms with Gasteiger partial charge < -0.3 is 5.32 Å². The van der Waals surface area contributed by atoms with Gasteiger partial charge in [-0.15, -0.1) is 0 Å². The Hall–Kier alpha value is -1.90. The minimum absolute atomic E-state index is 0.356. The Morgan fingerprint density at radius 3 is 2.47 bits per heavy atom. The molecule has 0 amide bonds. The molecule has 0 spiro atoms. The maximum atomic E-state index is 13.0. The minimum Gasteiger partial charge on any atom is -0.381 e. The first kappa shape index (κ1) is 10.3. The van der Waals surface area contributed by atoms with Gasteiger partial charge in [-0.2, -0.15) is 4.39 Å². The van der Waals surface area contributed by atoms with E-state index in [2.05, 4.69) is 34.6 Å². The highest BCUT2D eigenvalue weighted by molar-refractivity contribution is 5.45. The Balaban J connectivity index is 1.74. The number of rotatable bonds is 2. The van der Waals surface area contributed by atoms with Crippen LogP contribution in [0, 0.1) is 5.95 Å². The lowest BCUT2D eigenvalue weighted by molar-refractivity contribution is 0.584. The second-order valence-electron chi connectivity index (χ2n) is 4.39. The van der Waals surface area contributed by atoms with Gasteiger partial charge >= 0.3 is 0 Å². The molecule has 1 N–H and O–H groups in total. The van der Waals surface area contributed by atoms with E-state index in [-0.39, 0.29) is 0 Å². The van der Waals surface area contributed by atoms with Gasteiger partial charge in [-0.25, -0.2) is 4.98 Å². The SMILES string of the molecule is Fc1cc(NC2Cc3ccccc3C2)ccn1. The highest BCUT2D eigenvalue weighted by Gasteiger charge is 2.20. The number of hydrogen-bond acceptors (Lipinski definition) is 2. The van der Waals surface area contributed by atoms with E-state index in [0.717, 1.165) is 18.5 Å². The standard InChI is InChI=1S/C14H13FN2/c15-14-9-12(5-6-16-14)17-13-7-10-3-1-2-4-11(10)8-13/h1-6,9,13H,7-8H2,(H,16,17). The molecule has 0 atom stereocenters. The summed E-state index contributed by atoms with van der Waals surface area (Å²) in [5.41, 5.74) is 3.58. The van der Waals surface area contributed by atoms with E-state index < -0.39 is 5.95 Å². The van der Waals surface area contributed by atoms with Crippen LogP contribution in [-0.2, 0) is 12.8 Å². The number of hydrogen-bond donors (Lipinski definition) is 1. The number of anilines is 1. The van der Waals surface area contributed by atoms with Crippen molar-refractivity contribution in [3.63, 3.8) is 0 Å². The summed E-state index contributed by atoms with van der Waals surface area (Å²) in [7, 11) is 0. The van der Waals surface area contributed by atoms with Crippen molar-refractivity contribution in [2.24, 2.45) is 0 Å². The normalized spacial score (nSPS) is 14.6. The summed E-state index contributed by atoms with van der Waals surface area (Å²) in [4.78, 5) is 3.55. The molecule has 0 unspecified atom stereocenters. The second-order valence-corrected chi connectivity index (χ2v) is 4.39. The van der Waals surface area contributed by atoms with Crippen LogP contribution in [0.1, 0.15) is 11.1 Å². The molecule has 1 aromatic heterocycles. The predicted molar refractivity (Wildman–Crippen MR) is 65.5 cm³/mol. The van der Waals surface area contributed by atoms with E-state index in [1.54, 1.807) is 6.07 Å². The smallest absolute Gasteiger partial charge is 0.214 e. The van der Waals surface area contributed by atoms with Crippen molar-refractivity contribution in [3.05, 3.63) is 59.7 Å². The van der Waals surface area contributed by atoms with E-state index in [4.69, 9.17) is 0 Å². The Kier molecular flexibility index (Phi) is 2.52. The molecule has 1 aliphatic rings. The Labute approximate surface area is 99.5 Å². The number of benzene rings is 1. The first-order valence-electron chi connectivity index (χ1n) is 5.76. The van der Waals surface area contributed by atoms with Gasteiger partial charge in [0.1, 0.15) is 0 Å². The molecule has 0 saturated heterocycles. The zero-order chi connectivity index (χ0) is 11.7. The van der Waals surface area contributed by atoms with E-state index in [9.17, 15) is 4.39 Å². The lowest BCUT2D eigenvalue weighted by Crippen LogP contribution is -2.19. The van der Waals surface area contributed by atoms with Crippen molar-refractivity contribution in [1.82, 2.24) is 4.98 Å². The molecule has 0 bridgehead atoms. The zero-order valence-electron chi connectivity index (χ0n) is 9.36. The Bertz CT molecular complexity index is 514. The van der Waals surface area contributed by atoms with Crippen molar-refractivity contribution in [2.45, 2.75) is 18.9 Å². The van der Waals surface area contributed by atoms with Gasteiger partial charge in [-0.3, -0.25) is 0 Å². The van der Waals surface area contributed by atoms with Gasteiger partial charge in [0.05, 0.1) is 0 Å². The van der Waals surface area contributed by atoms with Crippen molar-refractivity contribution >= 4 is 5.69 Å². The fourth-order valence-electron chi connectivity index (χ4n) is 2.39. The van der Waals surface area contributed by atoms with Crippen LogP contribution in [0.4, 0.5) is 10.1 Å². The maximum absolute atomic E-state index is 13.0. The molecule has 2 aromatic rings. The molecule has 1 heterocycles. The van der Waals surface area contributed by atoms with E-state index in [1.165, 1.54) is 23.4 Å². The maximum Gasteiger partial charge on any atom is 0.214 e. The molecule has 17 heavy (non-hydrogen) atoms. The quantitative estimate of drug-likeness (QED) is 0.799. The van der Waals surface area contributed by atoms with Gasteiger partial charge in [-0.05, 0) is 30.0 Å². The van der Waals surface area contributed by atoms with Gasteiger partial charge in [-0.1, -0.05) is 24.3 Å². The monoisotopic (exact) mass is 228 g/mol. The van der Waals surface area contributed by atoms with Crippen molar-refractivity contribution in [2.75, 3.05) is 5.32 Å².